The van der Waals surface area contributed by atoms with Crippen LogP contribution in [-0.4, -0.2) is 14.4 Å². The van der Waals surface area contributed by atoms with Crippen molar-refractivity contribution in [1.82, 2.24) is 14.4 Å². The molecule has 2 aromatic carbocycles. The number of hydrogen-bond acceptors (Lipinski definition) is 2. The molecule has 0 unspecified atom stereocenters. The van der Waals surface area contributed by atoms with E-state index in [9.17, 15) is 5.26 Å². The molecule has 4 heteroatoms. The number of aromatic nitrogens is 3. The van der Waals surface area contributed by atoms with Crippen molar-refractivity contribution in [2.75, 3.05) is 0 Å². The van der Waals surface area contributed by atoms with Crippen LogP contribution in [0.1, 0.15) is 5.56 Å². The van der Waals surface area contributed by atoms with E-state index in [1.807, 2.05) is 52.9 Å². The molecule has 0 radical (unpaired) electrons. The van der Waals surface area contributed by atoms with Crippen LogP contribution in [0.2, 0.25) is 0 Å². The molecule has 0 saturated heterocycles. The molecule has 0 aliphatic carbocycles. The molecule has 1 N–H and O–H groups in total. The number of nitrogens with one attached hydrogen (secondary N) is 1. The van der Waals surface area contributed by atoms with Gasteiger partial charge in [0, 0.05) is 16.3 Å². The highest BCUT2D eigenvalue weighted by atomic mass is 15.1. The van der Waals surface area contributed by atoms with Crippen molar-refractivity contribution in [3.63, 3.8) is 0 Å². The number of para-hydroxylation sites is 3. The molecule has 3 heterocycles. The highest BCUT2D eigenvalue weighted by Gasteiger charge is 2.15. The normalized spacial score (nSPS) is 11.6. The second-order valence-electron chi connectivity index (χ2n) is 5.36. The molecule has 22 heavy (non-hydrogen) atoms. The minimum Gasteiger partial charge on any atom is -0.340 e. The number of pyridine rings is 1. The van der Waals surface area contributed by atoms with E-state index in [-0.39, 0.29) is 0 Å². The fraction of sp³-hybridized carbons (Fsp3) is 0. The van der Waals surface area contributed by atoms with Crippen molar-refractivity contribution in [1.29, 1.82) is 5.26 Å². The zero-order valence-corrected chi connectivity index (χ0v) is 11.5. The monoisotopic (exact) mass is 282 g/mol. The lowest BCUT2D eigenvalue weighted by Crippen LogP contribution is -1.91. The summed E-state index contributed by atoms with van der Waals surface area (Å²) in [5.41, 5.74) is 5.23. The van der Waals surface area contributed by atoms with E-state index in [4.69, 9.17) is 0 Å². The number of rotatable bonds is 0. The van der Waals surface area contributed by atoms with Gasteiger partial charge in [-0.3, -0.25) is 4.40 Å². The third-order valence-electron chi connectivity index (χ3n) is 4.16. The first-order valence-corrected chi connectivity index (χ1v) is 7.07. The van der Waals surface area contributed by atoms with E-state index in [2.05, 4.69) is 22.1 Å². The lowest BCUT2D eigenvalue weighted by Gasteiger charge is -2.00. The summed E-state index contributed by atoms with van der Waals surface area (Å²) in [6.45, 7) is 0. The quantitative estimate of drug-likeness (QED) is 0.467. The fourth-order valence-electron chi connectivity index (χ4n) is 3.20. The van der Waals surface area contributed by atoms with Crippen LogP contribution in [0.4, 0.5) is 0 Å². The fourth-order valence-corrected chi connectivity index (χ4v) is 3.20. The predicted molar refractivity (Wildman–Crippen MR) is 86.8 cm³/mol. The lowest BCUT2D eigenvalue weighted by molar-refractivity contribution is 1.24. The van der Waals surface area contributed by atoms with Gasteiger partial charge in [0.1, 0.15) is 11.7 Å². The van der Waals surface area contributed by atoms with Crippen LogP contribution in [-0.2, 0) is 0 Å². The van der Waals surface area contributed by atoms with E-state index in [1.54, 1.807) is 0 Å². The van der Waals surface area contributed by atoms with E-state index in [0.717, 1.165) is 33.0 Å². The van der Waals surface area contributed by atoms with Crippen molar-refractivity contribution in [3.05, 3.63) is 60.2 Å². The highest BCUT2D eigenvalue weighted by molar-refractivity contribution is 6.08. The molecule has 5 aromatic rings. The number of aromatic amines is 1. The van der Waals surface area contributed by atoms with Crippen molar-refractivity contribution < 1.29 is 0 Å². The van der Waals surface area contributed by atoms with Crippen molar-refractivity contribution >= 4 is 38.6 Å². The van der Waals surface area contributed by atoms with Gasteiger partial charge >= 0.3 is 0 Å². The average Bonchev–Trinajstić information content (AvgIpc) is 3.12. The van der Waals surface area contributed by atoms with Gasteiger partial charge in [0.15, 0.2) is 5.65 Å². The maximum Gasteiger partial charge on any atom is 0.157 e. The molecule has 0 saturated carbocycles. The van der Waals surface area contributed by atoms with Gasteiger partial charge in [0.25, 0.3) is 0 Å². The van der Waals surface area contributed by atoms with Gasteiger partial charge < -0.3 is 4.98 Å². The highest BCUT2D eigenvalue weighted by Crippen LogP contribution is 2.30. The molecule has 0 bridgehead atoms. The van der Waals surface area contributed by atoms with Crippen LogP contribution in [0, 0.1) is 11.3 Å². The number of imidazole rings is 1. The minimum absolute atomic E-state index is 0.591. The topological polar surface area (TPSA) is 56.9 Å². The van der Waals surface area contributed by atoms with Crippen LogP contribution >= 0.6 is 0 Å². The second kappa shape index (κ2) is 3.86. The minimum atomic E-state index is 0.591. The molecule has 0 atom stereocenters. The Labute approximate surface area is 125 Å². The lowest BCUT2D eigenvalue weighted by atomic mass is 10.1. The van der Waals surface area contributed by atoms with Crippen molar-refractivity contribution in [2.45, 2.75) is 0 Å². The maximum atomic E-state index is 9.52. The number of nitriles is 1. The Morgan fingerprint density at radius 2 is 1.82 bits per heavy atom. The van der Waals surface area contributed by atoms with Crippen LogP contribution in [0.15, 0.2) is 54.6 Å². The second-order valence-corrected chi connectivity index (χ2v) is 5.36. The van der Waals surface area contributed by atoms with Gasteiger partial charge in [0.05, 0.1) is 16.6 Å². The van der Waals surface area contributed by atoms with Crippen LogP contribution in [0.5, 0.6) is 0 Å². The summed E-state index contributed by atoms with van der Waals surface area (Å²) in [7, 11) is 0. The van der Waals surface area contributed by atoms with Gasteiger partial charge in [-0.15, -0.1) is 0 Å². The molecule has 0 spiro atoms. The van der Waals surface area contributed by atoms with Crippen LogP contribution in [0.3, 0.4) is 0 Å². The third-order valence-corrected chi connectivity index (χ3v) is 4.16. The molecule has 5 rings (SSSR count). The predicted octanol–water partition coefficient (Wildman–Crippen LogP) is 3.99. The van der Waals surface area contributed by atoms with Gasteiger partial charge in [0.2, 0.25) is 0 Å². The first kappa shape index (κ1) is 11.4. The first-order chi connectivity index (χ1) is 10.9. The van der Waals surface area contributed by atoms with Crippen molar-refractivity contribution in [3.8, 4) is 6.07 Å². The average molecular weight is 282 g/mol. The smallest absolute Gasteiger partial charge is 0.157 e. The van der Waals surface area contributed by atoms with E-state index in [0.29, 0.717) is 11.2 Å². The zero-order valence-electron chi connectivity index (χ0n) is 11.5. The maximum absolute atomic E-state index is 9.52. The van der Waals surface area contributed by atoms with Crippen molar-refractivity contribution in [2.24, 2.45) is 0 Å². The van der Waals surface area contributed by atoms with Crippen LogP contribution < -0.4 is 0 Å². The summed E-state index contributed by atoms with van der Waals surface area (Å²) < 4.78 is 2.04. The molecule has 4 nitrogen and oxygen atoms in total. The first-order valence-electron chi connectivity index (χ1n) is 7.07. The summed E-state index contributed by atoms with van der Waals surface area (Å²) in [6.07, 6.45) is 0. The van der Waals surface area contributed by atoms with Gasteiger partial charge in [-0.1, -0.05) is 30.3 Å². The number of hydrogen-bond donors (Lipinski definition) is 1. The Morgan fingerprint density at radius 3 is 2.73 bits per heavy atom. The van der Waals surface area contributed by atoms with Gasteiger partial charge in [-0.2, -0.15) is 5.26 Å². The Balaban J connectivity index is 2.18. The number of H-pyrrole nitrogens is 1. The summed E-state index contributed by atoms with van der Waals surface area (Å²) >= 11 is 0. The number of benzene rings is 2. The summed E-state index contributed by atoms with van der Waals surface area (Å²) in [5.74, 6) is 0. The Bertz CT molecular complexity index is 1230. The Kier molecular flexibility index (Phi) is 1.99. The van der Waals surface area contributed by atoms with Gasteiger partial charge in [-0.25, -0.2) is 4.98 Å². The zero-order chi connectivity index (χ0) is 14.7. The molecular weight excluding hydrogens is 272 g/mol. The van der Waals surface area contributed by atoms with Crippen LogP contribution in [0.25, 0.3) is 38.6 Å². The third kappa shape index (κ3) is 1.28. The van der Waals surface area contributed by atoms with E-state index in [1.165, 1.54) is 0 Å². The molecule has 0 aliphatic heterocycles. The molecule has 0 amide bonds. The van der Waals surface area contributed by atoms with E-state index < -0.39 is 0 Å². The largest absolute Gasteiger partial charge is 0.340 e. The SMILES string of the molecule is N#Cc1cc2c3ccccc3[nH]c2n2c1nc1ccccc12. The Morgan fingerprint density at radius 1 is 1.00 bits per heavy atom. The van der Waals surface area contributed by atoms with E-state index >= 15 is 0 Å². The van der Waals surface area contributed by atoms with Gasteiger partial charge in [-0.05, 0) is 24.3 Å². The number of fused-ring (bicyclic) bond motifs is 7. The molecule has 102 valence electrons. The number of nitrogens with zero attached hydrogens (tertiary/aromatic N) is 3. The molecule has 0 fully saturated rings. The molecular formula is C18H10N4. The Hall–Kier alpha value is -3.32. The molecule has 0 aliphatic rings. The standard InChI is InChI=1S/C18H10N4/c19-10-11-9-13-12-5-1-2-6-14(12)20-18(13)22-16-8-4-3-7-15(16)21-17(11)22/h1-9,20H. The summed E-state index contributed by atoms with van der Waals surface area (Å²) in [4.78, 5) is 8.09. The summed E-state index contributed by atoms with van der Waals surface area (Å²) in [5, 5.41) is 11.7. The summed E-state index contributed by atoms with van der Waals surface area (Å²) in [6, 6.07) is 20.3. The molecule has 3 aromatic heterocycles.